The highest BCUT2D eigenvalue weighted by molar-refractivity contribution is 6.43. The molecule has 0 aromatic heterocycles. The number of nitrogens with two attached hydrogens (primary N) is 1. The van der Waals surface area contributed by atoms with Crippen LogP contribution >= 0.6 is 0 Å². The third-order valence-electron chi connectivity index (χ3n) is 0.975. The molecule has 0 saturated carbocycles. The van der Waals surface area contributed by atoms with Gasteiger partial charge in [0.1, 0.15) is 0 Å². The molecule has 57 valence electrons. The summed E-state index contributed by atoms with van der Waals surface area (Å²) in [6.45, 7) is 0. The van der Waals surface area contributed by atoms with Gasteiger partial charge in [-0.15, -0.1) is 10.2 Å². The van der Waals surface area contributed by atoms with Gasteiger partial charge >= 0.3 is 0 Å². The summed E-state index contributed by atoms with van der Waals surface area (Å²) in [5, 5.41) is 6.90. The molecule has 11 heavy (non-hydrogen) atoms. The molecule has 1 radical (unpaired) electrons. The Morgan fingerprint density at radius 1 is 1.64 bits per heavy atom. The lowest BCUT2D eigenvalue weighted by molar-refractivity contribution is -0.114. The Morgan fingerprint density at radius 3 is 3.18 bits per heavy atom. The Hall–Kier alpha value is -1.69. The summed E-state index contributed by atoms with van der Waals surface area (Å²) >= 11 is 0. The molecular formula is C5H6N5O. The van der Waals surface area contributed by atoms with E-state index in [0.29, 0.717) is 0 Å². The van der Waals surface area contributed by atoms with Crippen LogP contribution in [0, 0.1) is 0 Å². The Labute approximate surface area is 62.8 Å². The highest BCUT2D eigenvalue weighted by Gasteiger charge is 2.06. The maximum atomic E-state index is 10.8. The van der Waals surface area contributed by atoms with Gasteiger partial charge in [0, 0.05) is 0 Å². The number of allylic oxidation sites excluding steroid dienone is 1. The lowest BCUT2D eigenvalue weighted by atomic mass is 10.3. The number of hydrazine groups is 1. The van der Waals surface area contributed by atoms with Crippen LogP contribution in [0.25, 0.3) is 0 Å². The minimum atomic E-state index is -0.490. The first kappa shape index (κ1) is 7.42. The molecule has 1 amide bonds. The average molecular weight is 152 g/mol. The minimum Gasteiger partial charge on any atom is -0.289 e. The summed E-state index contributed by atoms with van der Waals surface area (Å²) in [4.78, 5) is 10.8. The maximum Gasteiger partial charge on any atom is 0.285 e. The summed E-state index contributed by atoms with van der Waals surface area (Å²) in [6.07, 6.45) is 4.42. The number of rotatable bonds is 1. The molecule has 0 aliphatic carbocycles. The van der Waals surface area contributed by atoms with E-state index in [0.717, 1.165) is 0 Å². The molecule has 3 N–H and O–H groups in total. The van der Waals surface area contributed by atoms with Crippen molar-refractivity contribution >= 4 is 17.8 Å². The first-order chi connectivity index (χ1) is 5.34. The number of hydrogen-bond acceptors (Lipinski definition) is 4. The van der Waals surface area contributed by atoms with Gasteiger partial charge in [0.15, 0.2) is 5.71 Å². The van der Waals surface area contributed by atoms with E-state index in [2.05, 4.69) is 15.7 Å². The SMILES string of the molecule is NNC(=O)C1=N[N]N=CC=C1. The summed E-state index contributed by atoms with van der Waals surface area (Å²) < 4.78 is 0. The van der Waals surface area contributed by atoms with Crippen molar-refractivity contribution < 1.29 is 4.79 Å². The normalized spacial score (nSPS) is 14.8. The lowest BCUT2D eigenvalue weighted by Gasteiger charge is -1.94. The lowest BCUT2D eigenvalue weighted by Crippen LogP contribution is -2.35. The van der Waals surface area contributed by atoms with E-state index in [9.17, 15) is 4.79 Å². The predicted molar refractivity (Wildman–Crippen MR) is 39.5 cm³/mol. The molecule has 1 aliphatic rings. The second-order valence-corrected chi connectivity index (χ2v) is 1.67. The van der Waals surface area contributed by atoms with Crippen molar-refractivity contribution in [3.8, 4) is 0 Å². The Bertz CT molecular complexity index is 241. The molecule has 0 fully saturated rings. The van der Waals surface area contributed by atoms with E-state index in [-0.39, 0.29) is 5.71 Å². The Kier molecular flexibility index (Phi) is 2.34. The van der Waals surface area contributed by atoms with E-state index in [4.69, 9.17) is 5.84 Å². The third-order valence-corrected chi connectivity index (χ3v) is 0.975. The van der Waals surface area contributed by atoms with E-state index < -0.39 is 5.91 Å². The number of carbonyl (C=O) groups excluding carboxylic acids is 1. The standard InChI is InChI=1S/C5H6N5O/c6-8-5(11)4-2-1-3-7-10-9-4/h1-3H,6H2,(H,8,11). The van der Waals surface area contributed by atoms with Gasteiger partial charge in [-0.2, -0.15) is 0 Å². The fourth-order valence-corrected chi connectivity index (χ4v) is 0.505. The van der Waals surface area contributed by atoms with E-state index in [1.165, 1.54) is 12.3 Å². The Morgan fingerprint density at radius 2 is 2.45 bits per heavy atom. The molecular weight excluding hydrogens is 146 g/mol. The predicted octanol–water partition coefficient (Wildman–Crippen LogP) is -1.51. The van der Waals surface area contributed by atoms with Crippen molar-refractivity contribution in [2.75, 3.05) is 0 Å². The molecule has 0 spiro atoms. The van der Waals surface area contributed by atoms with Gasteiger partial charge in [-0.3, -0.25) is 10.2 Å². The van der Waals surface area contributed by atoms with E-state index in [1.54, 1.807) is 6.08 Å². The second-order valence-electron chi connectivity index (χ2n) is 1.67. The van der Waals surface area contributed by atoms with Crippen LogP contribution in [0.4, 0.5) is 0 Å². The topological polar surface area (TPSA) is 93.9 Å². The molecule has 0 aromatic carbocycles. The van der Waals surface area contributed by atoms with Crippen LogP contribution in [0.1, 0.15) is 0 Å². The molecule has 1 rings (SSSR count). The van der Waals surface area contributed by atoms with Crippen molar-refractivity contribution in [1.82, 2.24) is 11.0 Å². The van der Waals surface area contributed by atoms with Crippen LogP contribution in [-0.4, -0.2) is 17.8 Å². The molecule has 6 nitrogen and oxygen atoms in total. The van der Waals surface area contributed by atoms with Gasteiger partial charge < -0.3 is 0 Å². The number of nitrogens with zero attached hydrogens (tertiary/aromatic N) is 3. The van der Waals surface area contributed by atoms with E-state index in [1.807, 2.05) is 5.43 Å². The first-order valence-corrected chi connectivity index (χ1v) is 2.83. The highest BCUT2D eigenvalue weighted by atomic mass is 16.2. The van der Waals surface area contributed by atoms with Crippen molar-refractivity contribution in [2.45, 2.75) is 0 Å². The molecule has 0 bridgehead atoms. The van der Waals surface area contributed by atoms with Gasteiger partial charge in [0.05, 0.1) is 6.21 Å². The van der Waals surface area contributed by atoms with Crippen LogP contribution in [0.15, 0.2) is 22.4 Å². The zero-order chi connectivity index (χ0) is 8.10. The fraction of sp³-hybridized carbons (Fsp3) is 0. The van der Waals surface area contributed by atoms with Gasteiger partial charge in [-0.1, -0.05) is 0 Å². The molecule has 1 heterocycles. The quantitative estimate of drug-likeness (QED) is 0.271. The summed E-state index contributed by atoms with van der Waals surface area (Å²) in [5.41, 5.74) is 5.36. The molecule has 0 aromatic rings. The number of hydrogen-bond donors (Lipinski definition) is 2. The number of carbonyl (C=O) groups is 1. The molecule has 0 saturated heterocycles. The van der Waals surface area contributed by atoms with Crippen molar-refractivity contribution in [3.63, 3.8) is 0 Å². The van der Waals surface area contributed by atoms with Gasteiger partial charge in [-0.25, -0.2) is 5.84 Å². The van der Waals surface area contributed by atoms with Gasteiger partial charge in [-0.05, 0) is 17.7 Å². The molecule has 6 heteroatoms. The summed E-state index contributed by atoms with van der Waals surface area (Å²) in [7, 11) is 0. The molecule has 0 unspecified atom stereocenters. The smallest absolute Gasteiger partial charge is 0.285 e. The van der Waals surface area contributed by atoms with Crippen molar-refractivity contribution in [2.24, 2.45) is 16.0 Å². The van der Waals surface area contributed by atoms with Crippen LogP contribution in [0.3, 0.4) is 0 Å². The second kappa shape index (κ2) is 3.47. The maximum absolute atomic E-state index is 10.8. The zero-order valence-corrected chi connectivity index (χ0v) is 5.56. The van der Waals surface area contributed by atoms with Gasteiger partial charge in [0.25, 0.3) is 5.91 Å². The summed E-state index contributed by atoms with van der Waals surface area (Å²) in [5.74, 6) is 4.37. The summed E-state index contributed by atoms with van der Waals surface area (Å²) in [6, 6.07) is 0. The van der Waals surface area contributed by atoms with Crippen LogP contribution < -0.4 is 16.8 Å². The van der Waals surface area contributed by atoms with Crippen LogP contribution in [-0.2, 0) is 4.79 Å². The molecule has 1 aliphatic heterocycles. The Balaban J connectivity index is 2.72. The van der Waals surface area contributed by atoms with Crippen LogP contribution in [0.5, 0.6) is 0 Å². The van der Waals surface area contributed by atoms with E-state index >= 15 is 0 Å². The van der Waals surface area contributed by atoms with Crippen LogP contribution in [0.2, 0.25) is 0 Å². The monoisotopic (exact) mass is 152 g/mol. The average Bonchev–Trinajstić information content (AvgIpc) is 2.30. The zero-order valence-electron chi connectivity index (χ0n) is 5.56. The van der Waals surface area contributed by atoms with Gasteiger partial charge in [0.2, 0.25) is 0 Å². The molecule has 0 atom stereocenters. The fourth-order valence-electron chi connectivity index (χ4n) is 0.505. The van der Waals surface area contributed by atoms with Crippen molar-refractivity contribution in [1.29, 1.82) is 0 Å². The first-order valence-electron chi connectivity index (χ1n) is 2.83. The number of nitrogens with one attached hydrogen (secondary N) is 1. The minimum absolute atomic E-state index is 0.130. The largest absolute Gasteiger partial charge is 0.289 e. The highest BCUT2D eigenvalue weighted by Crippen LogP contribution is 1.85. The number of amides is 1. The van der Waals surface area contributed by atoms with Crippen molar-refractivity contribution in [3.05, 3.63) is 12.2 Å². The third kappa shape index (κ3) is 1.87.